The highest BCUT2D eigenvalue weighted by Gasteiger charge is 2.18. The molecule has 0 bridgehead atoms. The van der Waals surface area contributed by atoms with E-state index in [4.69, 9.17) is 17.5 Å². The molecule has 0 aromatic carbocycles. The molecule has 0 amide bonds. The van der Waals surface area contributed by atoms with E-state index in [0.717, 1.165) is 25.9 Å². The molecular formula is C10H12N4OS. The van der Waals surface area contributed by atoms with Gasteiger partial charge in [-0.15, -0.1) is 0 Å². The summed E-state index contributed by atoms with van der Waals surface area (Å²) in [5.74, 6) is 0.577. The lowest BCUT2D eigenvalue weighted by molar-refractivity contribution is 0.778. The fourth-order valence-corrected chi connectivity index (χ4v) is 2.11. The van der Waals surface area contributed by atoms with Gasteiger partial charge in [-0.3, -0.25) is 9.55 Å². The van der Waals surface area contributed by atoms with Crippen LogP contribution in [0, 0.1) is 16.0 Å². The number of anilines is 1. The molecule has 0 unspecified atom stereocenters. The number of hydrogen-bond donors (Lipinski definition) is 1. The summed E-state index contributed by atoms with van der Waals surface area (Å²) in [6.07, 6.45) is 2.17. The van der Waals surface area contributed by atoms with Gasteiger partial charge in [-0.25, -0.2) is 4.79 Å². The molecule has 1 N–H and O–H groups in total. The van der Waals surface area contributed by atoms with Crippen LogP contribution in [0.3, 0.4) is 0 Å². The van der Waals surface area contributed by atoms with Crippen LogP contribution in [0.15, 0.2) is 4.79 Å². The fourth-order valence-electron chi connectivity index (χ4n) is 1.89. The Labute approximate surface area is 97.9 Å². The van der Waals surface area contributed by atoms with Crippen LogP contribution >= 0.6 is 12.2 Å². The third-order valence-electron chi connectivity index (χ3n) is 2.82. The van der Waals surface area contributed by atoms with Gasteiger partial charge in [-0.2, -0.15) is 5.26 Å². The van der Waals surface area contributed by atoms with Crippen LogP contribution in [0.4, 0.5) is 5.82 Å². The minimum Gasteiger partial charge on any atom is -0.357 e. The first-order valence-corrected chi connectivity index (χ1v) is 5.54. The average molecular weight is 236 g/mol. The molecule has 2 heterocycles. The first-order valence-electron chi connectivity index (χ1n) is 5.13. The lowest BCUT2D eigenvalue weighted by Gasteiger charge is -2.18. The zero-order chi connectivity index (χ0) is 11.7. The Morgan fingerprint density at radius 2 is 2.06 bits per heavy atom. The van der Waals surface area contributed by atoms with E-state index < -0.39 is 0 Å². The Morgan fingerprint density at radius 3 is 2.62 bits per heavy atom. The van der Waals surface area contributed by atoms with Crippen molar-refractivity contribution in [3.8, 4) is 6.07 Å². The molecule has 84 valence electrons. The third-order valence-corrected chi connectivity index (χ3v) is 3.30. The van der Waals surface area contributed by atoms with Gasteiger partial charge in [-0.05, 0) is 12.8 Å². The molecule has 1 aromatic heterocycles. The Balaban J connectivity index is 2.66. The van der Waals surface area contributed by atoms with E-state index in [1.165, 1.54) is 4.57 Å². The number of nitriles is 1. The van der Waals surface area contributed by atoms with Gasteiger partial charge < -0.3 is 4.90 Å². The second-order valence-electron chi connectivity index (χ2n) is 3.82. The van der Waals surface area contributed by atoms with Crippen LogP contribution in [0.2, 0.25) is 0 Å². The van der Waals surface area contributed by atoms with E-state index in [2.05, 4.69) is 11.1 Å². The third kappa shape index (κ3) is 1.63. The Hall–Kier alpha value is -1.61. The normalized spacial score (nSPS) is 15.1. The van der Waals surface area contributed by atoms with E-state index in [-0.39, 0.29) is 5.69 Å². The van der Waals surface area contributed by atoms with Crippen LogP contribution in [0.25, 0.3) is 0 Å². The summed E-state index contributed by atoms with van der Waals surface area (Å²) in [7, 11) is 1.57. The molecule has 1 fully saturated rings. The average Bonchev–Trinajstić information content (AvgIpc) is 2.79. The van der Waals surface area contributed by atoms with Crippen molar-refractivity contribution < 1.29 is 0 Å². The second kappa shape index (κ2) is 4.10. The van der Waals surface area contributed by atoms with Gasteiger partial charge in [0.2, 0.25) is 0 Å². The SMILES string of the molecule is Cn1c(=O)[nH]c(N2CCCC2)c(C#N)c1=S. The van der Waals surface area contributed by atoms with Gasteiger partial charge in [0.25, 0.3) is 0 Å². The van der Waals surface area contributed by atoms with Gasteiger partial charge in [0.15, 0.2) is 0 Å². The van der Waals surface area contributed by atoms with E-state index in [9.17, 15) is 4.79 Å². The molecule has 6 heteroatoms. The van der Waals surface area contributed by atoms with Gasteiger partial charge in [0.05, 0.1) is 0 Å². The largest absolute Gasteiger partial charge is 0.357 e. The molecule has 5 nitrogen and oxygen atoms in total. The van der Waals surface area contributed by atoms with Crippen LogP contribution < -0.4 is 10.6 Å². The summed E-state index contributed by atoms with van der Waals surface area (Å²) in [6, 6.07) is 2.07. The smallest absolute Gasteiger partial charge is 0.327 e. The lowest BCUT2D eigenvalue weighted by Crippen LogP contribution is -2.28. The molecule has 0 radical (unpaired) electrons. The Morgan fingerprint density at radius 1 is 1.44 bits per heavy atom. The maximum Gasteiger partial charge on any atom is 0.327 e. The van der Waals surface area contributed by atoms with E-state index in [1.54, 1.807) is 7.05 Å². The molecule has 0 aliphatic carbocycles. The topological polar surface area (TPSA) is 64.8 Å². The van der Waals surface area contributed by atoms with E-state index in [1.807, 2.05) is 4.90 Å². The summed E-state index contributed by atoms with van der Waals surface area (Å²) < 4.78 is 1.58. The first-order chi connectivity index (χ1) is 7.65. The van der Waals surface area contributed by atoms with E-state index >= 15 is 0 Å². The van der Waals surface area contributed by atoms with E-state index in [0.29, 0.717) is 16.0 Å². The molecule has 0 saturated carbocycles. The van der Waals surface area contributed by atoms with Crippen molar-refractivity contribution in [2.45, 2.75) is 12.8 Å². The van der Waals surface area contributed by atoms with Crippen LogP contribution in [0.1, 0.15) is 18.4 Å². The van der Waals surface area contributed by atoms with Crippen molar-refractivity contribution >= 4 is 18.0 Å². The number of nitrogens with zero attached hydrogens (tertiary/aromatic N) is 3. The maximum absolute atomic E-state index is 11.6. The predicted molar refractivity (Wildman–Crippen MR) is 63.0 cm³/mol. The number of hydrogen-bond acceptors (Lipinski definition) is 4. The zero-order valence-electron chi connectivity index (χ0n) is 8.99. The summed E-state index contributed by atoms with van der Waals surface area (Å²) >= 11 is 5.10. The number of aromatic nitrogens is 2. The molecule has 1 saturated heterocycles. The standard InChI is InChI=1S/C10H12N4OS/c1-13-9(16)7(6-11)8(12-10(13)15)14-4-2-3-5-14/h2-5H2,1H3,(H,12,15). The van der Waals surface area contributed by atoms with Gasteiger partial charge in [-0.1, -0.05) is 12.2 Å². The van der Waals surface area contributed by atoms with Crippen molar-refractivity contribution in [1.29, 1.82) is 5.26 Å². The van der Waals surface area contributed by atoms with Crippen LogP contribution in [-0.4, -0.2) is 22.6 Å². The van der Waals surface area contributed by atoms with Crippen molar-refractivity contribution in [1.82, 2.24) is 9.55 Å². The molecule has 0 spiro atoms. The highest BCUT2D eigenvalue weighted by molar-refractivity contribution is 7.71. The summed E-state index contributed by atoms with van der Waals surface area (Å²) in [5, 5.41) is 9.10. The lowest BCUT2D eigenvalue weighted by atomic mass is 10.3. The highest BCUT2D eigenvalue weighted by atomic mass is 32.1. The van der Waals surface area contributed by atoms with Crippen LogP contribution in [-0.2, 0) is 7.05 Å². The van der Waals surface area contributed by atoms with Crippen LogP contribution in [0.5, 0.6) is 0 Å². The Kier molecular flexibility index (Phi) is 2.79. The van der Waals surface area contributed by atoms with Crippen molar-refractivity contribution in [2.75, 3.05) is 18.0 Å². The van der Waals surface area contributed by atoms with Gasteiger partial charge in [0.1, 0.15) is 22.1 Å². The summed E-state index contributed by atoms with van der Waals surface area (Å²) in [5.41, 5.74) is 0.116. The molecule has 2 rings (SSSR count). The molecule has 0 atom stereocenters. The molecule has 1 aliphatic rings. The highest BCUT2D eigenvalue weighted by Crippen LogP contribution is 2.20. The van der Waals surface area contributed by atoms with Gasteiger partial charge >= 0.3 is 5.69 Å². The van der Waals surface area contributed by atoms with Crippen molar-refractivity contribution in [2.24, 2.45) is 7.05 Å². The first kappa shape index (κ1) is 10.9. The quantitative estimate of drug-likeness (QED) is 0.736. The second-order valence-corrected chi connectivity index (χ2v) is 4.21. The maximum atomic E-state index is 11.6. The zero-order valence-corrected chi connectivity index (χ0v) is 9.80. The Bertz CT molecular complexity index is 560. The number of rotatable bonds is 1. The van der Waals surface area contributed by atoms with Gasteiger partial charge in [0, 0.05) is 20.1 Å². The number of nitrogens with one attached hydrogen (secondary N) is 1. The van der Waals surface area contributed by atoms with Crippen molar-refractivity contribution in [3.63, 3.8) is 0 Å². The monoisotopic (exact) mass is 236 g/mol. The molecular weight excluding hydrogens is 224 g/mol. The minimum absolute atomic E-state index is 0.272. The minimum atomic E-state index is -0.272. The predicted octanol–water partition coefficient (Wildman–Crippen LogP) is 0.915. The number of H-pyrrole nitrogens is 1. The summed E-state index contributed by atoms with van der Waals surface area (Å²) in [6.45, 7) is 1.74. The molecule has 1 aromatic rings. The summed E-state index contributed by atoms with van der Waals surface area (Å²) in [4.78, 5) is 16.3. The van der Waals surface area contributed by atoms with Crippen molar-refractivity contribution in [3.05, 3.63) is 20.7 Å². The fraction of sp³-hybridized carbons (Fsp3) is 0.500. The number of aromatic amines is 1. The molecule has 16 heavy (non-hydrogen) atoms. The molecule has 1 aliphatic heterocycles.